The molecule has 2 aromatic heterocycles. The molecule has 0 aliphatic rings. The summed E-state index contributed by atoms with van der Waals surface area (Å²) in [4.78, 5) is 4.76. The molecule has 0 aliphatic carbocycles. The topological polar surface area (TPSA) is 52.8 Å². The van der Waals surface area contributed by atoms with Gasteiger partial charge < -0.3 is 9.30 Å². The van der Waals surface area contributed by atoms with E-state index >= 15 is 0 Å². The molecule has 0 fully saturated rings. The maximum atomic E-state index is 13.0. The zero-order chi connectivity index (χ0) is 20.2. The van der Waals surface area contributed by atoms with E-state index in [9.17, 15) is 4.39 Å². The molecule has 4 aromatic rings. The zero-order valence-electron chi connectivity index (χ0n) is 16.0. The molecule has 0 radical (unpaired) electrons. The monoisotopic (exact) mass is 426 g/mol. The van der Waals surface area contributed by atoms with Crippen molar-refractivity contribution in [1.82, 2.24) is 19.7 Å². The van der Waals surface area contributed by atoms with Crippen LogP contribution in [0.4, 0.5) is 4.39 Å². The fraction of sp³-hybridized carbons (Fsp3) is 0.190. The lowest BCUT2D eigenvalue weighted by Crippen LogP contribution is -2.04. The van der Waals surface area contributed by atoms with Gasteiger partial charge in [0.25, 0.3) is 0 Å². The molecule has 0 aliphatic heterocycles. The Labute approximate surface area is 176 Å². The maximum Gasteiger partial charge on any atom is 0.191 e. The number of aromatic nitrogens is 4. The SMILES string of the molecule is Cc1ccccc1-c1nc(CSc2nnc(COc3ccc(F)cc3)n2C)cs1. The molecule has 0 atom stereocenters. The molecule has 0 spiro atoms. The first-order valence-corrected chi connectivity index (χ1v) is 10.9. The summed E-state index contributed by atoms with van der Waals surface area (Å²) in [5, 5.41) is 12.4. The molecular formula is C21H19FN4OS2. The van der Waals surface area contributed by atoms with Crippen LogP contribution in [0.3, 0.4) is 0 Å². The number of hydrogen-bond acceptors (Lipinski definition) is 6. The van der Waals surface area contributed by atoms with Crippen molar-refractivity contribution in [1.29, 1.82) is 0 Å². The highest BCUT2D eigenvalue weighted by Gasteiger charge is 2.12. The summed E-state index contributed by atoms with van der Waals surface area (Å²) in [6.07, 6.45) is 0. The minimum Gasteiger partial charge on any atom is -0.486 e. The summed E-state index contributed by atoms with van der Waals surface area (Å²) in [6, 6.07) is 14.2. The Morgan fingerprint density at radius 3 is 2.69 bits per heavy atom. The second-order valence-corrected chi connectivity index (χ2v) is 8.25. The molecule has 0 unspecified atom stereocenters. The summed E-state index contributed by atoms with van der Waals surface area (Å²) >= 11 is 3.24. The molecule has 2 aromatic carbocycles. The number of benzene rings is 2. The average Bonchev–Trinajstić information content (AvgIpc) is 3.33. The lowest BCUT2D eigenvalue weighted by molar-refractivity contribution is 0.290. The van der Waals surface area contributed by atoms with E-state index in [0.717, 1.165) is 15.9 Å². The Balaban J connectivity index is 1.37. The third-order valence-corrected chi connectivity index (χ3v) is 6.36. The highest BCUT2D eigenvalue weighted by atomic mass is 32.2. The lowest BCUT2D eigenvalue weighted by atomic mass is 10.1. The van der Waals surface area contributed by atoms with Gasteiger partial charge in [0.15, 0.2) is 11.0 Å². The summed E-state index contributed by atoms with van der Waals surface area (Å²) in [7, 11) is 1.91. The van der Waals surface area contributed by atoms with E-state index < -0.39 is 0 Å². The van der Waals surface area contributed by atoms with Crippen LogP contribution in [0.25, 0.3) is 10.6 Å². The van der Waals surface area contributed by atoms with E-state index in [-0.39, 0.29) is 12.4 Å². The van der Waals surface area contributed by atoms with E-state index in [0.29, 0.717) is 17.3 Å². The molecule has 5 nitrogen and oxygen atoms in total. The first-order valence-electron chi connectivity index (χ1n) is 9.00. The number of halogens is 1. The van der Waals surface area contributed by atoms with E-state index in [1.54, 1.807) is 35.2 Å². The zero-order valence-corrected chi connectivity index (χ0v) is 17.6. The summed E-state index contributed by atoms with van der Waals surface area (Å²) in [5.74, 6) is 1.72. The van der Waals surface area contributed by atoms with Gasteiger partial charge in [-0.25, -0.2) is 9.37 Å². The number of rotatable bonds is 7. The maximum absolute atomic E-state index is 13.0. The van der Waals surface area contributed by atoms with E-state index in [4.69, 9.17) is 9.72 Å². The summed E-state index contributed by atoms with van der Waals surface area (Å²) in [5.41, 5.74) is 3.41. The van der Waals surface area contributed by atoms with E-state index in [1.165, 1.54) is 23.3 Å². The van der Waals surface area contributed by atoms with Crippen LogP contribution in [0.1, 0.15) is 17.1 Å². The molecular weight excluding hydrogens is 407 g/mol. The van der Waals surface area contributed by atoms with Crippen LogP contribution in [0.2, 0.25) is 0 Å². The smallest absolute Gasteiger partial charge is 0.191 e. The van der Waals surface area contributed by atoms with E-state index in [1.807, 2.05) is 23.7 Å². The first-order chi connectivity index (χ1) is 14.1. The van der Waals surface area contributed by atoms with Gasteiger partial charge in [-0.2, -0.15) is 0 Å². The normalized spacial score (nSPS) is 11.0. The van der Waals surface area contributed by atoms with Gasteiger partial charge in [0.2, 0.25) is 0 Å². The predicted octanol–water partition coefficient (Wildman–Crippen LogP) is 5.26. The van der Waals surface area contributed by atoms with Crippen LogP contribution >= 0.6 is 23.1 Å². The van der Waals surface area contributed by atoms with Gasteiger partial charge in [-0.1, -0.05) is 36.0 Å². The average molecular weight is 427 g/mol. The molecule has 0 bridgehead atoms. The Hall–Kier alpha value is -2.71. The minimum atomic E-state index is -0.290. The van der Waals surface area contributed by atoms with Gasteiger partial charge in [0.05, 0.1) is 5.69 Å². The second-order valence-electron chi connectivity index (χ2n) is 6.45. The van der Waals surface area contributed by atoms with Crippen LogP contribution in [0, 0.1) is 12.7 Å². The quantitative estimate of drug-likeness (QED) is 0.378. The summed E-state index contributed by atoms with van der Waals surface area (Å²) in [6.45, 7) is 2.37. The Bertz CT molecular complexity index is 1110. The van der Waals surface area contributed by atoms with Crippen LogP contribution < -0.4 is 4.74 Å². The Kier molecular flexibility index (Phi) is 5.92. The number of thiazole rings is 1. The number of aryl methyl sites for hydroxylation is 1. The third-order valence-electron chi connectivity index (χ3n) is 4.38. The highest BCUT2D eigenvalue weighted by Crippen LogP contribution is 2.29. The molecule has 8 heteroatoms. The Morgan fingerprint density at radius 2 is 1.90 bits per heavy atom. The van der Waals surface area contributed by atoms with Gasteiger partial charge in [0, 0.05) is 23.7 Å². The van der Waals surface area contributed by atoms with Crippen molar-refractivity contribution in [3.05, 3.63) is 76.8 Å². The van der Waals surface area contributed by atoms with Crippen molar-refractivity contribution >= 4 is 23.1 Å². The molecule has 0 N–H and O–H groups in total. The van der Waals surface area contributed by atoms with Crippen molar-refractivity contribution < 1.29 is 9.13 Å². The van der Waals surface area contributed by atoms with E-state index in [2.05, 4.69) is 34.6 Å². The van der Waals surface area contributed by atoms with Gasteiger partial charge in [-0.05, 0) is 36.8 Å². The fourth-order valence-electron chi connectivity index (χ4n) is 2.72. The second kappa shape index (κ2) is 8.75. The molecule has 0 saturated heterocycles. The largest absolute Gasteiger partial charge is 0.486 e. The molecule has 29 heavy (non-hydrogen) atoms. The highest BCUT2D eigenvalue weighted by molar-refractivity contribution is 7.98. The van der Waals surface area contributed by atoms with Crippen molar-refractivity contribution in [3.8, 4) is 16.3 Å². The fourth-order valence-corrected chi connectivity index (χ4v) is 4.56. The number of nitrogens with zero attached hydrogens (tertiary/aromatic N) is 4. The molecule has 2 heterocycles. The van der Waals surface area contributed by atoms with Crippen LogP contribution in [0.5, 0.6) is 5.75 Å². The van der Waals surface area contributed by atoms with Crippen molar-refractivity contribution in [2.24, 2.45) is 7.05 Å². The minimum absolute atomic E-state index is 0.268. The number of thioether (sulfide) groups is 1. The number of ether oxygens (including phenoxy) is 1. The Morgan fingerprint density at radius 1 is 1.10 bits per heavy atom. The molecule has 148 valence electrons. The van der Waals surface area contributed by atoms with Crippen molar-refractivity contribution in [2.75, 3.05) is 0 Å². The van der Waals surface area contributed by atoms with Crippen molar-refractivity contribution in [2.45, 2.75) is 24.4 Å². The van der Waals surface area contributed by atoms with Gasteiger partial charge in [-0.15, -0.1) is 21.5 Å². The van der Waals surface area contributed by atoms with Gasteiger partial charge in [0.1, 0.15) is 23.2 Å². The molecule has 0 amide bonds. The third kappa shape index (κ3) is 4.65. The summed E-state index contributed by atoms with van der Waals surface area (Å²) < 4.78 is 20.5. The van der Waals surface area contributed by atoms with Crippen LogP contribution in [0.15, 0.2) is 59.1 Å². The van der Waals surface area contributed by atoms with Gasteiger partial charge >= 0.3 is 0 Å². The standard InChI is InChI=1S/C21H19FN4OS2/c1-14-5-3-4-6-18(14)20-23-16(12-28-20)13-29-21-25-24-19(26(21)2)11-27-17-9-7-15(22)8-10-17/h3-10,12H,11,13H2,1-2H3. The van der Waals surface area contributed by atoms with Crippen molar-refractivity contribution in [3.63, 3.8) is 0 Å². The first kappa shape index (κ1) is 19.6. The van der Waals surface area contributed by atoms with Crippen LogP contribution in [-0.4, -0.2) is 19.7 Å². The molecule has 0 saturated carbocycles. The van der Waals surface area contributed by atoms with Crippen LogP contribution in [-0.2, 0) is 19.4 Å². The van der Waals surface area contributed by atoms with Gasteiger partial charge in [-0.3, -0.25) is 0 Å². The lowest BCUT2D eigenvalue weighted by Gasteiger charge is -2.06. The molecule has 4 rings (SSSR count). The predicted molar refractivity (Wildman–Crippen MR) is 114 cm³/mol. The number of hydrogen-bond donors (Lipinski definition) is 0.